The lowest BCUT2D eigenvalue weighted by atomic mass is 10.1. The Hall–Kier alpha value is -1.92. The second kappa shape index (κ2) is 5.07. The van der Waals surface area contributed by atoms with Crippen LogP contribution in [0.25, 0.3) is 0 Å². The number of nitrogens with zero attached hydrogens (tertiary/aromatic N) is 3. The molecule has 120 valence electrons. The largest absolute Gasteiger partial charge is 0.394 e. The molecule has 0 aromatic carbocycles. The van der Waals surface area contributed by atoms with E-state index in [1.807, 2.05) is 0 Å². The molecule has 22 heavy (non-hydrogen) atoms. The van der Waals surface area contributed by atoms with E-state index in [4.69, 9.17) is 20.0 Å². The zero-order valence-electron chi connectivity index (χ0n) is 11.5. The summed E-state index contributed by atoms with van der Waals surface area (Å²) in [5.74, 6) is -1.16. The van der Waals surface area contributed by atoms with Crippen LogP contribution in [0.5, 0.6) is 0 Å². The minimum absolute atomic E-state index is 0.0569. The van der Waals surface area contributed by atoms with Crippen LogP contribution in [0, 0.1) is 5.41 Å². The van der Waals surface area contributed by atoms with E-state index in [0.29, 0.717) is 0 Å². The number of guanidine groups is 1. The number of fused-ring (bicyclic) bond motifs is 1. The molecule has 3 rings (SSSR count). The van der Waals surface area contributed by atoms with Gasteiger partial charge in [0.2, 0.25) is 5.96 Å². The van der Waals surface area contributed by atoms with Crippen LogP contribution in [0.2, 0.25) is 0 Å². The molecule has 5 atom stereocenters. The number of aliphatic imine (C=N–C) groups is 2. The van der Waals surface area contributed by atoms with E-state index >= 15 is 0 Å². The molecule has 5 N–H and O–H groups in total. The number of hydrogen-bond donors (Lipinski definition) is 5. The molecule has 11 nitrogen and oxygen atoms in total. The molecule has 1 saturated heterocycles. The standard InChI is InChI=1S/C11H15N5O6/c1-21-11-8(14-10(12)15-9(11)20)16(3-13-11)7-6(19)5(18)4(2-17)22-7/h3-7,17-19H,2H2,1H3,(H2,12,15,20)/t4-,5-,6-,7-,11?/m1/s1. The monoisotopic (exact) mass is 313 g/mol. The number of nitrogens with one attached hydrogen (secondary N) is 2. The van der Waals surface area contributed by atoms with Crippen molar-refractivity contribution < 1.29 is 29.6 Å². The Morgan fingerprint density at radius 2 is 2.27 bits per heavy atom. The Bertz CT molecular complexity index is 579. The van der Waals surface area contributed by atoms with Gasteiger partial charge >= 0.3 is 5.72 Å². The maximum Gasteiger partial charge on any atom is 0.300 e. The molecule has 0 saturated carbocycles. The lowest BCUT2D eigenvalue weighted by Crippen LogP contribution is -2.61. The molecule has 1 fully saturated rings. The first kappa shape index (κ1) is 15.0. The van der Waals surface area contributed by atoms with Crippen molar-refractivity contribution in [3.8, 4) is 0 Å². The number of carbonyl (C=O) groups excluding carboxylic acids is 1. The van der Waals surface area contributed by atoms with Crippen LogP contribution >= 0.6 is 0 Å². The summed E-state index contributed by atoms with van der Waals surface area (Å²) in [6.45, 7) is -0.488. The van der Waals surface area contributed by atoms with E-state index in [1.165, 1.54) is 18.3 Å². The highest BCUT2D eigenvalue weighted by atomic mass is 16.6. The van der Waals surface area contributed by atoms with Gasteiger partial charge in [-0.1, -0.05) is 0 Å². The number of amides is 1. The molecule has 3 aliphatic heterocycles. The molecule has 3 aliphatic rings. The van der Waals surface area contributed by atoms with Crippen molar-refractivity contribution in [3.63, 3.8) is 0 Å². The zero-order chi connectivity index (χ0) is 16.1. The second-order valence-electron chi connectivity index (χ2n) is 4.97. The fourth-order valence-electron chi connectivity index (χ4n) is 2.58. The number of aliphatic hydroxyl groups excluding tert-OH is 3. The summed E-state index contributed by atoms with van der Waals surface area (Å²) in [4.78, 5) is 21.1. The first-order chi connectivity index (χ1) is 10.4. The maximum absolute atomic E-state index is 12.1. The number of methoxy groups -OCH3 is 1. The number of ether oxygens (including phenoxy) is 2. The fraction of sp³-hybridized carbons (Fsp3) is 0.636. The average molecular weight is 313 g/mol. The number of hydrogen-bond acceptors (Lipinski definition) is 9. The topological polar surface area (TPSA) is 160 Å². The molecular weight excluding hydrogens is 298 g/mol. The van der Waals surface area contributed by atoms with Gasteiger partial charge in [-0.2, -0.15) is 4.99 Å². The van der Waals surface area contributed by atoms with Crippen LogP contribution in [0.15, 0.2) is 9.98 Å². The first-order valence-corrected chi connectivity index (χ1v) is 6.45. The van der Waals surface area contributed by atoms with E-state index < -0.39 is 48.7 Å². The zero-order valence-corrected chi connectivity index (χ0v) is 11.5. The number of rotatable bonds is 3. The minimum atomic E-state index is -1.77. The molecule has 11 heteroatoms. The smallest absolute Gasteiger partial charge is 0.300 e. The Morgan fingerprint density at radius 3 is 2.86 bits per heavy atom. The van der Waals surface area contributed by atoms with E-state index in [0.717, 1.165) is 0 Å². The fourth-order valence-corrected chi connectivity index (χ4v) is 2.58. The van der Waals surface area contributed by atoms with Gasteiger partial charge in [-0.3, -0.25) is 20.4 Å². The van der Waals surface area contributed by atoms with Gasteiger partial charge in [0, 0.05) is 7.11 Å². The molecule has 0 radical (unpaired) electrons. The number of carbonyl (C=O) groups is 1. The van der Waals surface area contributed by atoms with Crippen LogP contribution in [0.4, 0.5) is 0 Å². The minimum Gasteiger partial charge on any atom is -0.394 e. The van der Waals surface area contributed by atoms with Crippen molar-refractivity contribution in [2.75, 3.05) is 13.7 Å². The predicted molar refractivity (Wildman–Crippen MR) is 71.1 cm³/mol. The molecule has 0 bridgehead atoms. The molecule has 1 unspecified atom stereocenters. The van der Waals surface area contributed by atoms with Crippen molar-refractivity contribution in [3.05, 3.63) is 0 Å². The van der Waals surface area contributed by atoms with Crippen molar-refractivity contribution >= 4 is 24.0 Å². The molecule has 1 amide bonds. The van der Waals surface area contributed by atoms with Crippen LogP contribution in [0.3, 0.4) is 0 Å². The van der Waals surface area contributed by atoms with Crippen LogP contribution in [-0.4, -0.2) is 88.2 Å². The highest BCUT2D eigenvalue weighted by Crippen LogP contribution is 2.31. The summed E-state index contributed by atoms with van der Waals surface area (Å²) in [6, 6.07) is 0. The Morgan fingerprint density at radius 1 is 1.55 bits per heavy atom. The Labute approximate surface area is 124 Å². The van der Waals surface area contributed by atoms with Gasteiger partial charge in [-0.15, -0.1) is 0 Å². The molecule has 3 heterocycles. The van der Waals surface area contributed by atoms with Crippen molar-refractivity contribution in [1.82, 2.24) is 10.2 Å². The lowest BCUT2D eigenvalue weighted by Gasteiger charge is -2.33. The lowest BCUT2D eigenvalue weighted by molar-refractivity contribution is -0.134. The van der Waals surface area contributed by atoms with Crippen LogP contribution in [-0.2, 0) is 14.3 Å². The summed E-state index contributed by atoms with van der Waals surface area (Å²) in [5.41, 5.74) is -1.77. The average Bonchev–Trinajstić information content (AvgIpc) is 2.99. The quantitative estimate of drug-likeness (QED) is 0.362. The SMILES string of the molecule is COC12N=CN([C@@H]3O[C@H](CO)[C@@H](O)[C@H]3O)C1=NC(=N)NC2=O. The first-order valence-electron chi connectivity index (χ1n) is 6.45. The van der Waals surface area contributed by atoms with Gasteiger partial charge in [0.1, 0.15) is 18.3 Å². The van der Waals surface area contributed by atoms with Gasteiger partial charge in [-0.25, -0.2) is 4.99 Å². The maximum atomic E-state index is 12.1. The van der Waals surface area contributed by atoms with Gasteiger partial charge in [0.05, 0.1) is 12.9 Å². The summed E-state index contributed by atoms with van der Waals surface area (Å²) in [6.07, 6.45) is -3.59. The van der Waals surface area contributed by atoms with E-state index in [1.54, 1.807) is 0 Å². The summed E-state index contributed by atoms with van der Waals surface area (Å²) in [5, 5.41) is 38.7. The van der Waals surface area contributed by atoms with Crippen molar-refractivity contribution in [1.29, 1.82) is 5.41 Å². The number of amidine groups is 1. The number of aliphatic hydroxyl groups is 3. The summed E-state index contributed by atoms with van der Waals surface area (Å²) < 4.78 is 10.5. The van der Waals surface area contributed by atoms with E-state index in [-0.39, 0.29) is 5.84 Å². The van der Waals surface area contributed by atoms with Gasteiger partial charge in [-0.05, 0) is 0 Å². The van der Waals surface area contributed by atoms with E-state index in [9.17, 15) is 15.0 Å². The molecule has 0 aromatic rings. The highest BCUT2D eigenvalue weighted by molar-refractivity contribution is 6.25. The summed E-state index contributed by atoms with van der Waals surface area (Å²) >= 11 is 0. The summed E-state index contributed by atoms with van der Waals surface area (Å²) in [7, 11) is 1.25. The third-order valence-electron chi connectivity index (χ3n) is 3.76. The Balaban J connectivity index is 1.96. The van der Waals surface area contributed by atoms with E-state index in [2.05, 4.69) is 15.3 Å². The molecule has 0 aliphatic carbocycles. The molecule has 0 spiro atoms. The van der Waals surface area contributed by atoms with Crippen LogP contribution in [0.1, 0.15) is 0 Å². The second-order valence-corrected chi connectivity index (χ2v) is 4.97. The predicted octanol–water partition coefficient (Wildman–Crippen LogP) is -3.42. The van der Waals surface area contributed by atoms with Crippen LogP contribution < -0.4 is 5.32 Å². The van der Waals surface area contributed by atoms with Gasteiger partial charge < -0.3 is 24.8 Å². The molecular formula is C11H15N5O6. The highest BCUT2D eigenvalue weighted by Gasteiger charge is 2.57. The molecule has 0 aromatic heterocycles. The van der Waals surface area contributed by atoms with Crippen molar-refractivity contribution in [2.45, 2.75) is 30.3 Å². The Kier molecular flexibility index (Phi) is 3.45. The third-order valence-corrected chi connectivity index (χ3v) is 3.76. The third kappa shape index (κ3) is 1.87. The van der Waals surface area contributed by atoms with Crippen molar-refractivity contribution in [2.24, 2.45) is 9.98 Å². The van der Waals surface area contributed by atoms with Gasteiger partial charge in [0.15, 0.2) is 12.1 Å². The van der Waals surface area contributed by atoms with Gasteiger partial charge in [0.25, 0.3) is 5.91 Å². The normalized spacial score (nSPS) is 40.7.